The summed E-state index contributed by atoms with van der Waals surface area (Å²) in [7, 11) is 0. The van der Waals surface area contributed by atoms with Crippen molar-refractivity contribution in [2.45, 2.75) is 19.9 Å². The van der Waals surface area contributed by atoms with Crippen LogP contribution in [-0.2, 0) is 6.54 Å². The summed E-state index contributed by atoms with van der Waals surface area (Å²) in [6.45, 7) is 5.86. The summed E-state index contributed by atoms with van der Waals surface area (Å²) < 4.78 is 18.5. The average Bonchev–Trinajstić information content (AvgIpc) is 2.98. The van der Waals surface area contributed by atoms with Crippen LogP contribution in [0.15, 0.2) is 34.9 Å². The highest BCUT2D eigenvalue weighted by atomic mass is 19.1. The summed E-state index contributed by atoms with van der Waals surface area (Å²) in [5.74, 6) is 1.52. The van der Waals surface area contributed by atoms with Gasteiger partial charge in [0.05, 0.1) is 5.69 Å². The van der Waals surface area contributed by atoms with Crippen molar-refractivity contribution in [3.05, 3.63) is 42.0 Å². The molecule has 1 fully saturated rings. The first kappa shape index (κ1) is 15.2. The number of hydrogen-bond donors (Lipinski definition) is 1. The molecule has 0 bridgehead atoms. The van der Waals surface area contributed by atoms with Crippen LogP contribution in [0.25, 0.3) is 11.5 Å². The molecule has 2 atom stereocenters. The van der Waals surface area contributed by atoms with Gasteiger partial charge in [-0.2, -0.15) is 0 Å². The van der Waals surface area contributed by atoms with E-state index in [1.807, 2.05) is 0 Å². The van der Waals surface area contributed by atoms with E-state index in [0.29, 0.717) is 17.7 Å². The first-order chi connectivity index (χ1) is 10.7. The van der Waals surface area contributed by atoms with Crippen LogP contribution in [0.3, 0.4) is 0 Å². The van der Waals surface area contributed by atoms with E-state index in [9.17, 15) is 4.39 Å². The van der Waals surface area contributed by atoms with Gasteiger partial charge in [-0.05, 0) is 55.6 Å². The van der Waals surface area contributed by atoms with Crippen LogP contribution in [0.5, 0.6) is 0 Å². The molecule has 2 aromatic rings. The highest BCUT2D eigenvalue weighted by Gasteiger charge is 2.25. The summed E-state index contributed by atoms with van der Waals surface area (Å²) in [6, 6.07) is 6.18. The molecule has 3 rings (SSSR count). The highest BCUT2D eigenvalue weighted by Crippen LogP contribution is 2.24. The smallest absolute Gasteiger partial charge is 0.226 e. The number of hydrogen-bond acceptors (Lipinski definition) is 4. The summed E-state index contributed by atoms with van der Waals surface area (Å²) in [5.41, 5.74) is 7.55. The van der Waals surface area contributed by atoms with E-state index in [-0.39, 0.29) is 5.82 Å². The molecular weight excluding hydrogens is 281 g/mol. The minimum atomic E-state index is -0.259. The number of nitrogens with two attached hydrogens (primary N) is 1. The molecular formula is C17H22FN3O. The van der Waals surface area contributed by atoms with Crippen LogP contribution in [-0.4, -0.2) is 29.5 Å². The van der Waals surface area contributed by atoms with E-state index in [1.54, 1.807) is 18.4 Å². The normalized spacial score (nSPS) is 22.9. The highest BCUT2D eigenvalue weighted by molar-refractivity contribution is 5.52. The Morgan fingerprint density at radius 3 is 2.86 bits per heavy atom. The van der Waals surface area contributed by atoms with E-state index in [1.165, 1.54) is 18.6 Å². The minimum absolute atomic E-state index is 0.259. The van der Waals surface area contributed by atoms with Gasteiger partial charge in [0.2, 0.25) is 5.89 Å². The van der Waals surface area contributed by atoms with Crippen molar-refractivity contribution in [3.8, 4) is 11.5 Å². The number of nitrogens with zero attached hydrogens (tertiary/aromatic N) is 2. The first-order valence-corrected chi connectivity index (χ1v) is 7.78. The van der Waals surface area contributed by atoms with Gasteiger partial charge in [-0.25, -0.2) is 9.37 Å². The van der Waals surface area contributed by atoms with Crippen molar-refractivity contribution in [3.63, 3.8) is 0 Å². The second-order valence-corrected chi connectivity index (χ2v) is 6.15. The molecule has 22 heavy (non-hydrogen) atoms. The number of likely N-dealkylation sites (tertiary alicyclic amines) is 1. The zero-order chi connectivity index (χ0) is 15.5. The third-order valence-corrected chi connectivity index (χ3v) is 4.53. The molecule has 118 valence electrons. The number of piperidine rings is 1. The van der Waals surface area contributed by atoms with Gasteiger partial charge in [-0.1, -0.05) is 6.92 Å². The van der Waals surface area contributed by atoms with Gasteiger partial charge in [0, 0.05) is 18.7 Å². The van der Waals surface area contributed by atoms with Crippen molar-refractivity contribution in [1.29, 1.82) is 0 Å². The fourth-order valence-electron chi connectivity index (χ4n) is 3.01. The number of benzene rings is 1. The predicted octanol–water partition coefficient (Wildman–Crippen LogP) is 2.90. The molecule has 0 spiro atoms. The fraction of sp³-hybridized carbons (Fsp3) is 0.471. The maximum atomic E-state index is 13.0. The number of oxazole rings is 1. The monoisotopic (exact) mass is 303 g/mol. The number of aromatic nitrogens is 1. The predicted molar refractivity (Wildman–Crippen MR) is 83.5 cm³/mol. The Labute approximate surface area is 130 Å². The minimum Gasteiger partial charge on any atom is -0.444 e. The van der Waals surface area contributed by atoms with Crippen molar-refractivity contribution in [1.82, 2.24) is 9.88 Å². The van der Waals surface area contributed by atoms with Gasteiger partial charge < -0.3 is 10.2 Å². The summed E-state index contributed by atoms with van der Waals surface area (Å²) in [4.78, 5) is 6.89. The standard InChI is InChI=1S/C17H22FN3O/c1-12-6-7-21(9-14(12)8-19)10-16-11-22-17(20-16)13-2-4-15(18)5-3-13/h2-5,11-12,14H,6-10,19H2,1H3. The molecule has 4 nitrogen and oxygen atoms in total. The molecule has 2 N–H and O–H groups in total. The van der Waals surface area contributed by atoms with E-state index < -0.39 is 0 Å². The summed E-state index contributed by atoms with van der Waals surface area (Å²) >= 11 is 0. The lowest BCUT2D eigenvalue weighted by Gasteiger charge is -2.36. The van der Waals surface area contributed by atoms with Gasteiger partial charge in [-0.15, -0.1) is 0 Å². The van der Waals surface area contributed by atoms with Gasteiger partial charge in [0.1, 0.15) is 12.1 Å². The molecule has 1 aliphatic rings. The van der Waals surface area contributed by atoms with Crippen molar-refractivity contribution < 1.29 is 8.81 Å². The lowest BCUT2D eigenvalue weighted by Crippen LogP contribution is -2.42. The van der Waals surface area contributed by atoms with E-state index >= 15 is 0 Å². The van der Waals surface area contributed by atoms with Gasteiger partial charge in [0.15, 0.2) is 0 Å². The number of rotatable bonds is 4. The van der Waals surface area contributed by atoms with Crippen LogP contribution in [0.1, 0.15) is 19.0 Å². The Hall–Kier alpha value is -1.72. The zero-order valence-electron chi connectivity index (χ0n) is 12.8. The molecule has 2 unspecified atom stereocenters. The van der Waals surface area contributed by atoms with Crippen LogP contribution in [0, 0.1) is 17.7 Å². The maximum absolute atomic E-state index is 13.0. The van der Waals surface area contributed by atoms with Gasteiger partial charge >= 0.3 is 0 Å². The van der Waals surface area contributed by atoms with E-state index in [4.69, 9.17) is 10.2 Å². The van der Waals surface area contributed by atoms with Crippen LogP contribution >= 0.6 is 0 Å². The van der Waals surface area contributed by atoms with Gasteiger partial charge in [-0.3, -0.25) is 4.90 Å². The molecule has 0 aliphatic carbocycles. The van der Waals surface area contributed by atoms with Crippen LogP contribution < -0.4 is 5.73 Å². The van der Waals surface area contributed by atoms with Crippen LogP contribution in [0.4, 0.5) is 4.39 Å². The molecule has 1 aromatic heterocycles. The third-order valence-electron chi connectivity index (χ3n) is 4.53. The molecule has 2 heterocycles. The second kappa shape index (κ2) is 6.58. The molecule has 1 aliphatic heterocycles. The number of halogens is 1. The lowest BCUT2D eigenvalue weighted by atomic mass is 9.87. The molecule has 5 heteroatoms. The molecule has 1 saturated heterocycles. The van der Waals surface area contributed by atoms with Gasteiger partial charge in [0.25, 0.3) is 0 Å². The Balaban J connectivity index is 1.65. The SMILES string of the molecule is CC1CCN(Cc2coc(-c3ccc(F)cc3)n2)CC1CN. The lowest BCUT2D eigenvalue weighted by molar-refractivity contribution is 0.125. The van der Waals surface area contributed by atoms with E-state index in [2.05, 4.69) is 16.8 Å². The van der Waals surface area contributed by atoms with Crippen molar-refractivity contribution in [2.24, 2.45) is 17.6 Å². The summed E-state index contributed by atoms with van der Waals surface area (Å²) in [6.07, 6.45) is 2.86. The molecule has 0 saturated carbocycles. The second-order valence-electron chi connectivity index (χ2n) is 6.15. The van der Waals surface area contributed by atoms with Crippen molar-refractivity contribution >= 4 is 0 Å². The fourth-order valence-corrected chi connectivity index (χ4v) is 3.01. The summed E-state index contributed by atoms with van der Waals surface area (Å²) in [5, 5.41) is 0. The van der Waals surface area contributed by atoms with Crippen molar-refractivity contribution in [2.75, 3.05) is 19.6 Å². The van der Waals surface area contributed by atoms with Crippen LogP contribution in [0.2, 0.25) is 0 Å². The largest absolute Gasteiger partial charge is 0.444 e. The Bertz CT molecular complexity index is 611. The third kappa shape index (κ3) is 3.36. The average molecular weight is 303 g/mol. The topological polar surface area (TPSA) is 55.3 Å². The molecule has 0 amide bonds. The zero-order valence-corrected chi connectivity index (χ0v) is 12.8. The Morgan fingerprint density at radius 2 is 2.14 bits per heavy atom. The van der Waals surface area contributed by atoms with E-state index in [0.717, 1.165) is 37.4 Å². The quantitative estimate of drug-likeness (QED) is 0.943. The Morgan fingerprint density at radius 1 is 1.36 bits per heavy atom. The molecule has 0 radical (unpaired) electrons. The molecule has 1 aromatic carbocycles. The first-order valence-electron chi connectivity index (χ1n) is 7.78. The maximum Gasteiger partial charge on any atom is 0.226 e. The Kier molecular flexibility index (Phi) is 4.55.